The lowest BCUT2D eigenvalue weighted by molar-refractivity contribution is -0.265. The number of rotatable bonds is 25. The van der Waals surface area contributed by atoms with Crippen molar-refractivity contribution < 1.29 is 91.3 Å². The maximum absolute atomic E-state index is 14.7. The summed E-state index contributed by atoms with van der Waals surface area (Å²) in [5, 5.41) is 48.7. The highest BCUT2D eigenvalue weighted by atomic mass is 16.6. The van der Waals surface area contributed by atoms with E-state index in [1.807, 2.05) is 71.1 Å². The molecule has 726 valence electrons. The predicted octanol–water partition coefficient (Wildman–Crippen LogP) is 5.66. The average molecular weight is 1870 g/mol. The number of piperazine rings is 2. The van der Waals surface area contributed by atoms with Gasteiger partial charge < -0.3 is 106 Å². The Bertz CT molecular complexity index is 5410. The van der Waals surface area contributed by atoms with Crippen LogP contribution in [0.2, 0.25) is 0 Å². The molecule has 5 fully saturated rings. The monoisotopic (exact) mass is 1870 g/mol. The molecule has 2 bridgehead atoms. The number of nitrogens with one attached hydrogen (secondary N) is 3. The van der Waals surface area contributed by atoms with Crippen molar-refractivity contribution in [2.75, 3.05) is 126 Å². The lowest BCUT2D eigenvalue weighted by Crippen LogP contribution is -2.61. The van der Waals surface area contributed by atoms with Gasteiger partial charge in [0.1, 0.15) is 59.6 Å². The molecular weight excluding hydrogens is 1740 g/mol. The molecule has 6 aliphatic rings. The number of aromatic nitrogens is 11. The van der Waals surface area contributed by atoms with Crippen LogP contribution in [0.3, 0.4) is 0 Å². The number of carbonyl (C=O) groups is 9. The molecule has 1 saturated carbocycles. The van der Waals surface area contributed by atoms with E-state index in [0.29, 0.717) is 192 Å². The summed E-state index contributed by atoms with van der Waals surface area (Å²) in [6.07, 6.45) is 18.4. The van der Waals surface area contributed by atoms with Crippen molar-refractivity contribution in [2.45, 2.75) is 212 Å². The molecule has 11 heterocycles. The zero-order chi connectivity index (χ0) is 96.1. The van der Waals surface area contributed by atoms with Crippen LogP contribution in [0.4, 0.5) is 34.5 Å². The summed E-state index contributed by atoms with van der Waals surface area (Å²) < 4.78 is 43.1. The molecule has 1 aromatic carbocycles. The highest BCUT2D eigenvalue weighted by Crippen LogP contribution is 2.39. The summed E-state index contributed by atoms with van der Waals surface area (Å²) in [6.45, 7) is 15.8. The molecule has 5 amide bonds. The van der Waals surface area contributed by atoms with E-state index in [0.717, 1.165) is 16.0 Å². The van der Waals surface area contributed by atoms with Crippen LogP contribution in [0.1, 0.15) is 164 Å². The second-order valence-corrected chi connectivity index (χ2v) is 35.9. The van der Waals surface area contributed by atoms with Crippen LogP contribution in [-0.4, -0.2) is 293 Å². The van der Waals surface area contributed by atoms with Crippen LogP contribution < -0.4 is 47.9 Å². The normalized spacial score (nSPS) is 26.2. The Morgan fingerprint density at radius 2 is 1.36 bits per heavy atom. The molecule has 0 spiro atoms. The zero-order valence-electron chi connectivity index (χ0n) is 77.8. The van der Waals surface area contributed by atoms with Gasteiger partial charge in [0.15, 0.2) is 17.0 Å². The smallest absolute Gasteiger partial charge is 0.407 e. The minimum absolute atomic E-state index is 0.0145. The first-order valence-electron chi connectivity index (χ1n) is 46.5. The number of amides is 5. The summed E-state index contributed by atoms with van der Waals surface area (Å²) in [4.78, 5) is 173. The number of methoxy groups -OCH3 is 2. The number of cyclic esters (lactones) is 1. The third-order valence-corrected chi connectivity index (χ3v) is 26.2. The van der Waals surface area contributed by atoms with Crippen molar-refractivity contribution in [1.29, 1.82) is 0 Å². The summed E-state index contributed by atoms with van der Waals surface area (Å²) in [7, 11) is 3.05. The first-order chi connectivity index (χ1) is 64.9. The second kappa shape index (κ2) is 46.8. The number of oxazole rings is 1. The highest BCUT2D eigenvalue weighted by molar-refractivity contribution is 6.39. The lowest BCUT2D eigenvalue weighted by atomic mass is 9.80. The van der Waals surface area contributed by atoms with Crippen molar-refractivity contribution in [3.8, 4) is 11.3 Å². The number of Topliss-reactive ketones (excluding diaryl/α,β-unsaturated/α-hetero) is 3. The van der Waals surface area contributed by atoms with Crippen LogP contribution in [0, 0.1) is 29.6 Å². The van der Waals surface area contributed by atoms with Gasteiger partial charge in [-0.05, 0) is 132 Å². The number of hydrogen-bond acceptors (Lipinski definition) is 35. The first kappa shape index (κ1) is 100. The third kappa shape index (κ3) is 25.7. The Kier molecular flexibility index (Phi) is 34.7. The standard InChI is InChI=1S/C94H126N22O19/c1-55-16-10-9-11-17-56(2)73(129-7)45-66-22-19-60(6)94(128,135-66)82(122)87(125)115-28-14-12-18-69(115)88(126)132-74(46-70(117)57(3)41-59(5)80(120)81(121)79(119)58(4)40-55)67(95)42-61-20-23-72(75(43-61)130-8)134-93(127)106-49-62-47-100-90(101-48-62)113-34-36-114(37-35-113)92-104-52-65(53-105-92)86(124)99-27-39-131-38-25-76(118)111-30-32-112(33-31-111)91-102-50-64(51-103-91)85(123)98-26-13-15-29-116-84-77(83(96)107-54-108-84)78(110-116)63-21-24-71-68(44-63)109-89(97)133-71/h9-11,16-17,21,24,41,44,47-48,50-55,57-58,60-61,66-67,69,72-75,80-81,120-121,128H,12-15,18-20,22-23,25-40,42-43,45-46,49,95H2,1-8H3,(H2,97,109)(H,98,123)(H,99,124)(H,106,127)(H2,96,107,108)/b11-9?,16-10+,56-17?,59-41+/t55-,57-,58-,60-,61+,66+,67-,69+,72-,73+,74+,75-,80-,81+,94-/m1/s1. The number of esters is 1. The number of hydrogen-bond donors (Lipinski definition) is 9. The molecule has 1 aliphatic carbocycles. The van der Waals surface area contributed by atoms with E-state index in [9.17, 15) is 58.5 Å². The minimum atomic E-state index is -2.52. The Morgan fingerprint density at radius 3 is 2.03 bits per heavy atom. The molecule has 12 N–H and O–H groups in total. The van der Waals surface area contributed by atoms with Crippen LogP contribution in [0.25, 0.3) is 33.4 Å². The van der Waals surface area contributed by atoms with Crippen molar-refractivity contribution >= 4 is 105 Å². The van der Waals surface area contributed by atoms with Crippen molar-refractivity contribution in [2.24, 2.45) is 35.3 Å². The fourth-order valence-electron chi connectivity index (χ4n) is 18.1. The van der Waals surface area contributed by atoms with Gasteiger partial charge in [0.05, 0.1) is 54.5 Å². The maximum Gasteiger partial charge on any atom is 0.407 e. The summed E-state index contributed by atoms with van der Waals surface area (Å²) in [6, 6.07) is 3.22. The van der Waals surface area contributed by atoms with Gasteiger partial charge in [0.2, 0.25) is 29.5 Å². The number of ketones is 3. The van der Waals surface area contributed by atoms with E-state index in [1.54, 1.807) is 55.9 Å². The Hall–Kier alpha value is -12.3. The third-order valence-electron chi connectivity index (χ3n) is 26.2. The molecule has 41 nitrogen and oxygen atoms in total. The van der Waals surface area contributed by atoms with Gasteiger partial charge in [-0.3, -0.25) is 33.6 Å². The number of nitrogen functional groups attached to an aromatic ring is 2. The summed E-state index contributed by atoms with van der Waals surface area (Å²) in [5.74, 6) is -8.51. The van der Waals surface area contributed by atoms with Gasteiger partial charge in [-0.2, -0.15) is 10.1 Å². The minimum Gasteiger partial charge on any atom is -0.459 e. The number of aliphatic hydroxyl groups is 3. The highest BCUT2D eigenvalue weighted by Gasteiger charge is 2.53. The quantitative estimate of drug-likeness (QED) is 0.0144. The number of nitrogens with zero attached hydrogens (tertiary/aromatic N) is 16. The molecule has 15 atom stereocenters. The fourth-order valence-corrected chi connectivity index (χ4v) is 18.1. The molecule has 4 saturated heterocycles. The Morgan fingerprint density at radius 1 is 0.689 bits per heavy atom. The molecule has 0 radical (unpaired) electrons. The number of fused-ring (bicyclic) bond motifs is 5. The van der Waals surface area contributed by atoms with Crippen LogP contribution in [0.15, 0.2) is 114 Å². The van der Waals surface area contributed by atoms with Crippen molar-refractivity contribution in [3.05, 3.63) is 126 Å². The summed E-state index contributed by atoms with van der Waals surface area (Å²) in [5.41, 5.74) is 24.4. The Balaban J connectivity index is 0.510. The lowest BCUT2D eigenvalue weighted by Gasteiger charge is -2.42. The Labute approximate surface area is 782 Å². The predicted molar refractivity (Wildman–Crippen MR) is 496 cm³/mol. The molecule has 5 aliphatic heterocycles. The van der Waals surface area contributed by atoms with Crippen LogP contribution in [0.5, 0.6) is 0 Å². The number of unbranched alkanes of at least 4 members (excludes halogenated alkanes) is 1. The number of piperidine rings is 1. The maximum atomic E-state index is 14.7. The van der Waals surface area contributed by atoms with Gasteiger partial charge in [-0.25, -0.2) is 54.1 Å². The second-order valence-electron chi connectivity index (χ2n) is 35.9. The molecule has 135 heavy (non-hydrogen) atoms. The number of benzene rings is 1. The van der Waals surface area contributed by atoms with E-state index in [1.165, 1.54) is 51.2 Å². The van der Waals surface area contributed by atoms with Gasteiger partial charge in [0, 0.05) is 184 Å². The molecular formula is C94H126N22O19. The summed E-state index contributed by atoms with van der Waals surface area (Å²) >= 11 is 0. The largest absolute Gasteiger partial charge is 0.459 e. The first-order valence-corrected chi connectivity index (χ1v) is 46.5. The van der Waals surface area contributed by atoms with Crippen LogP contribution in [-0.2, 0) is 70.3 Å². The SMILES string of the molecule is CO[C@H]1C[C@@H]2CC[C@@H](C)[C@@](O)(O2)C(=O)C(=O)N2CCCC[C@H]2C(=O)O[C@H]([C@H](N)C[C@@H]2CC[C@@H](OC(=O)NCc3cnc(N4CCN(c5ncc(C(=O)NCCOCCC(=O)N6CCN(c7ncc(C(=O)NCCCCn8nc(-c9ccc%10oc(N)nc%10c9)c9c(N)ncnc98)cn7)CC6)cn5)CC4)nc3)[C@H](OC)C2)CC(=O)[C@H](C)/C=C(\C)[C@@H](O)[C@@H](O)C(=O)[C@H](C)C[C@H](C)/C=C/C=CC=C1C. The van der Waals surface area contributed by atoms with E-state index in [-0.39, 0.29) is 105 Å². The molecule has 6 aromatic heterocycles. The molecule has 7 aromatic rings. The molecule has 13 rings (SSSR count). The number of carbonyl (C=O) groups excluding carboxylic acids is 9. The zero-order valence-corrected chi connectivity index (χ0v) is 77.8. The van der Waals surface area contributed by atoms with Crippen molar-refractivity contribution in [1.82, 2.24) is 80.4 Å². The van der Waals surface area contributed by atoms with Crippen molar-refractivity contribution in [3.63, 3.8) is 0 Å². The average Bonchev–Trinajstić information content (AvgIpc) is 1.76. The van der Waals surface area contributed by atoms with Gasteiger partial charge >= 0.3 is 12.1 Å². The number of nitrogens with two attached hydrogens (primary N) is 3. The number of ether oxygens (including phenoxy) is 6. The van der Waals surface area contributed by atoms with Crippen LogP contribution >= 0.6 is 0 Å². The number of alkyl carbamates (subject to hydrolysis) is 1. The van der Waals surface area contributed by atoms with Gasteiger partial charge in [0.25, 0.3) is 29.5 Å². The van der Waals surface area contributed by atoms with E-state index < -0.39 is 120 Å². The fraction of sp³-hybridized carbons (Fsp3) is 0.564. The number of aryl methyl sites for hydroxylation is 1. The van der Waals surface area contributed by atoms with Gasteiger partial charge in [-0.1, -0.05) is 64.2 Å². The van der Waals surface area contributed by atoms with E-state index in [2.05, 4.69) is 60.8 Å². The topological polar surface area (TPSA) is 547 Å². The number of aliphatic hydroxyl groups excluding tert-OH is 2. The van der Waals surface area contributed by atoms with Gasteiger partial charge in [-0.15, -0.1) is 0 Å². The molecule has 41 heteroatoms. The number of allylic oxidation sites excluding steroid dienone is 6. The van der Waals surface area contributed by atoms with E-state index in [4.69, 9.17) is 55.1 Å². The number of anilines is 5. The van der Waals surface area contributed by atoms with E-state index >= 15 is 0 Å². The molecule has 0 unspecified atom stereocenters.